The largest absolute Gasteiger partial charge is 0.508 e. The number of methoxy groups -OCH3 is 2. The average molecular weight is 316 g/mol. The highest BCUT2D eigenvalue weighted by Gasteiger charge is 2.37. The molecule has 0 aromatic heterocycles. The molecule has 1 aliphatic rings. The number of rotatable bonds is 3. The quantitative estimate of drug-likeness (QED) is 0.902. The number of fused-ring (bicyclic) bond motifs is 1. The van der Waals surface area contributed by atoms with Crippen molar-refractivity contribution < 1.29 is 29.2 Å². The van der Waals surface area contributed by atoms with Gasteiger partial charge in [0.15, 0.2) is 29.5 Å². The van der Waals surface area contributed by atoms with Gasteiger partial charge in [0.05, 0.1) is 19.8 Å². The number of benzene rings is 2. The molecule has 0 saturated carbocycles. The minimum Gasteiger partial charge on any atom is -0.508 e. The van der Waals surface area contributed by atoms with Gasteiger partial charge >= 0.3 is 0 Å². The maximum Gasteiger partial charge on any atom is 0.199 e. The maximum absolute atomic E-state index is 12.5. The molecule has 1 heterocycles. The van der Waals surface area contributed by atoms with Crippen LogP contribution in [-0.2, 0) is 0 Å². The standard InChI is InChI=1S/C17H16O6/c1-21-13-7-11-12(8-14(13)22-2)23-17(16(20)15(11)19)9-3-5-10(18)6-4-9/h3-8,16-18,20H,1-2H3. The summed E-state index contributed by atoms with van der Waals surface area (Å²) in [5, 5.41) is 19.6. The van der Waals surface area contributed by atoms with Crippen LogP contribution in [0.15, 0.2) is 36.4 Å². The summed E-state index contributed by atoms with van der Waals surface area (Å²) in [6.07, 6.45) is -2.20. The predicted molar refractivity (Wildman–Crippen MR) is 81.4 cm³/mol. The second-order valence-electron chi connectivity index (χ2n) is 5.14. The Morgan fingerprint density at radius 1 is 1.04 bits per heavy atom. The molecule has 2 aromatic carbocycles. The van der Waals surface area contributed by atoms with Crippen LogP contribution < -0.4 is 14.2 Å². The number of ketones is 1. The van der Waals surface area contributed by atoms with Crippen molar-refractivity contribution in [2.75, 3.05) is 14.2 Å². The first-order valence-corrected chi connectivity index (χ1v) is 6.99. The highest BCUT2D eigenvalue weighted by Crippen LogP contribution is 2.41. The van der Waals surface area contributed by atoms with E-state index in [2.05, 4.69) is 0 Å². The molecule has 6 nitrogen and oxygen atoms in total. The minimum atomic E-state index is -1.34. The molecular formula is C17H16O6. The van der Waals surface area contributed by atoms with E-state index in [1.54, 1.807) is 18.2 Å². The summed E-state index contributed by atoms with van der Waals surface area (Å²) in [4.78, 5) is 12.5. The molecular weight excluding hydrogens is 300 g/mol. The highest BCUT2D eigenvalue weighted by molar-refractivity contribution is 6.03. The van der Waals surface area contributed by atoms with Gasteiger partial charge in [-0.1, -0.05) is 12.1 Å². The van der Waals surface area contributed by atoms with Gasteiger partial charge in [-0.2, -0.15) is 0 Å². The zero-order valence-electron chi connectivity index (χ0n) is 12.6. The van der Waals surface area contributed by atoms with E-state index in [4.69, 9.17) is 14.2 Å². The summed E-state index contributed by atoms with van der Waals surface area (Å²) in [7, 11) is 2.95. The lowest BCUT2D eigenvalue weighted by Gasteiger charge is -2.30. The molecule has 0 amide bonds. The van der Waals surface area contributed by atoms with Crippen LogP contribution in [0.5, 0.6) is 23.0 Å². The van der Waals surface area contributed by atoms with E-state index in [0.29, 0.717) is 22.8 Å². The van der Waals surface area contributed by atoms with Crippen molar-refractivity contribution in [3.8, 4) is 23.0 Å². The van der Waals surface area contributed by atoms with Crippen LogP contribution in [0.2, 0.25) is 0 Å². The van der Waals surface area contributed by atoms with E-state index in [1.807, 2.05) is 0 Å². The SMILES string of the molecule is COc1cc2c(cc1OC)C(=O)C(O)C(c1ccc(O)cc1)O2. The Morgan fingerprint density at radius 2 is 1.65 bits per heavy atom. The third-order valence-corrected chi connectivity index (χ3v) is 3.78. The lowest BCUT2D eigenvalue weighted by molar-refractivity contribution is 0.0214. The Hall–Kier alpha value is -2.73. The summed E-state index contributed by atoms with van der Waals surface area (Å²) < 4.78 is 16.2. The van der Waals surface area contributed by atoms with Crippen LogP contribution in [0.3, 0.4) is 0 Å². The van der Waals surface area contributed by atoms with Crippen LogP contribution in [0.1, 0.15) is 22.0 Å². The fourth-order valence-corrected chi connectivity index (χ4v) is 2.56. The smallest absolute Gasteiger partial charge is 0.199 e. The lowest BCUT2D eigenvalue weighted by Crippen LogP contribution is -2.36. The van der Waals surface area contributed by atoms with Crippen molar-refractivity contribution in [2.45, 2.75) is 12.2 Å². The summed E-state index contributed by atoms with van der Waals surface area (Å²) >= 11 is 0. The number of phenolic OH excluding ortho intramolecular Hbond substituents is 1. The molecule has 6 heteroatoms. The Balaban J connectivity index is 2.04. The molecule has 2 atom stereocenters. The van der Waals surface area contributed by atoms with E-state index >= 15 is 0 Å². The van der Waals surface area contributed by atoms with Gasteiger partial charge in [0.25, 0.3) is 0 Å². The van der Waals surface area contributed by atoms with Crippen molar-refractivity contribution in [1.82, 2.24) is 0 Å². The molecule has 1 aliphatic heterocycles. The van der Waals surface area contributed by atoms with Gasteiger partial charge < -0.3 is 24.4 Å². The van der Waals surface area contributed by atoms with Gasteiger partial charge in [-0.3, -0.25) is 4.79 Å². The molecule has 0 spiro atoms. The van der Waals surface area contributed by atoms with Crippen molar-refractivity contribution >= 4 is 5.78 Å². The van der Waals surface area contributed by atoms with Crippen molar-refractivity contribution in [3.63, 3.8) is 0 Å². The minimum absolute atomic E-state index is 0.0946. The van der Waals surface area contributed by atoms with Crippen LogP contribution in [0, 0.1) is 0 Å². The molecule has 0 fully saturated rings. The predicted octanol–water partition coefficient (Wildman–Crippen LogP) is 2.09. The van der Waals surface area contributed by atoms with E-state index in [0.717, 1.165) is 0 Å². The number of carbonyl (C=O) groups is 1. The number of phenols is 1. The van der Waals surface area contributed by atoms with Gasteiger partial charge in [0.1, 0.15) is 11.5 Å². The number of hydrogen-bond donors (Lipinski definition) is 2. The molecule has 2 N–H and O–H groups in total. The van der Waals surface area contributed by atoms with Crippen molar-refractivity contribution in [2.24, 2.45) is 0 Å². The fourth-order valence-electron chi connectivity index (χ4n) is 2.56. The number of Topliss-reactive ketones (excluding diaryl/α,β-unsaturated/α-hetero) is 1. The zero-order chi connectivity index (χ0) is 16.6. The Labute approximate surface area is 132 Å². The number of aliphatic hydroxyl groups excluding tert-OH is 1. The van der Waals surface area contributed by atoms with Crippen LogP contribution in [0.4, 0.5) is 0 Å². The molecule has 2 unspecified atom stereocenters. The highest BCUT2D eigenvalue weighted by atomic mass is 16.5. The molecule has 0 saturated heterocycles. The third kappa shape index (κ3) is 2.57. The summed E-state index contributed by atoms with van der Waals surface area (Å²) in [6, 6.07) is 9.20. The second-order valence-corrected chi connectivity index (χ2v) is 5.14. The van der Waals surface area contributed by atoms with Crippen molar-refractivity contribution in [3.05, 3.63) is 47.5 Å². The van der Waals surface area contributed by atoms with Gasteiger partial charge in [0, 0.05) is 6.07 Å². The molecule has 23 heavy (non-hydrogen) atoms. The number of aromatic hydroxyl groups is 1. The normalized spacial score (nSPS) is 19.7. The first-order valence-electron chi connectivity index (χ1n) is 6.99. The number of carbonyl (C=O) groups excluding carboxylic acids is 1. The van der Waals surface area contributed by atoms with E-state index < -0.39 is 18.0 Å². The number of aliphatic hydroxyl groups is 1. The molecule has 0 radical (unpaired) electrons. The van der Waals surface area contributed by atoms with Crippen LogP contribution in [0.25, 0.3) is 0 Å². The molecule has 120 valence electrons. The van der Waals surface area contributed by atoms with Crippen LogP contribution in [-0.4, -0.2) is 36.3 Å². The summed E-state index contributed by atoms with van der Waals surface area (Å²) in [5.74, 6) is 0.775. The monoisotopic (exact) mass is 316 g/mol. The Bertz CT molecular complexity index is 737. The van der Waals surface area contributed by atoms with E-state index in [-0.39, 0.29) is 11.3 Å². The number of hydrogen-bond acceptors (Lipinski definition) is 6. The number of ether oxygens (including phenoxy) is 3. The molecule has 0 bridgehead atoms. The molecule has 2 aromatic rings. The topological polar surface area (TPSA) is 85.2 Å². The Kier molecular flexibility index (Phi) is 3.83. The summed E-state index contributed by atoms with van der Waals surface area (Å²) in [6.45, 7) is 0. The third-order valence-electron chi connectivity index (χ3n) is 3.78. The second kappa shape index (κ2) is 5.81. The first kappa shape index (κ1) is 15.2. The van der Waals surface area contributed by atoms with Gasteiger partial charge in [-0.25, -0.2) is 0 Å². The van der Waals surface area contributed by atoms with Gasteiger partial charge in [-0.15, -0.1) is 0 Å². The van der Waals surface area contributed by atoms with Crippen LogP contribution >= 0.6 is 0 Å². The summed E-state index contributed by atoms with van der Waals surface area (Å²) in [5.41, 5.74) is 0.828. The van der Waals surface area contributed by atoms with E-state index in [9.17, 15) is 15.0 Å². The average Bonchev–Trinajstić information content (AvgIpc) is 2.58. The maximum atomic E-state index is 12.5. The van der Waals surface area contributed by atoms with Gasteiger partial charge in [0.2, 0.25) is 0 Å². The fraction of sp³-hybridized carbons (Fsp3) is 0.235. The van der Waals surface area contributed by atoms with Gasteiger partial charge in [-0.05, 0) is 23.8 Å². The lowest BCUT2D eigenvalue weighted by atomic mass is 9.93. The molecule has 3 rings (SSSR count). The van der Waals surface area contributed by atoms with E-state index in [1.165, 1.54) is 32.4 Å². The first-order chi connectivity index (χ1) is 11.0. The molecule has 0 aliphatic carbocycles. The van der Waals surface area contributed by atoms with Crippen molar-refractivity contribution in [1.29, 1.82) is 0 Å². The zero-order valence-corrected chi connectivity index (χ0v) is 12.6. The Morgan fingerprint density at radius 3 is 2.26 bits per heavy atom.